The van der Waals surface area contributed by atoms with Crippen LogP contribution >= 0.6 is 0 Å². The van der Waals surface area contributed by atoms with Crippen molar-refractivity contribution in [3.05, 3.63) is 35.9 Å². The molecule has 0 fully saturated rings. The van der Waals surface area contributed by atoms with Crippen LogP contribution in [0.2, 0.25) is 0 Å². The summed E-state index contributed by atoms with van der Waals surface area (Å²) in [5, 5.41) is 4.54. The first-order valence-corrected chi connectivity index (χ1v) is 6.38. The summed E-state index contributed by atoms with van der Waals surface area (Å²) in [4.78, 5) is 0. The van der Waals surface area contributed by atoms with Crippen molar-refractivity contribution < 1.29 is 0 Å². The maximum Gasteiger partial charge on any atom is 0.0680 e. The standard InChI is InChI=1S/C15H24N2/c1-5-11-16-17-14(12-15(2,3)4)13-9-7-6-8-10-13/h6-10,16H,5,11-12H2,1-4H3/b17-14+. The van der Waals surface area contributed by atoms with Crippen LogP contribution in [-0.2, 0) is 0 Å². The predicted octanol–water partition coefficient (Wildman–Crippen LogP) is 3.83. The van der Waals surface area contributed by atoms with Gasteiger partial charge in [-0.15, -0.1) is 0 Å². The lowest BCUT2D eigenvalue weighted by atomic mass is 9.87. The summed E-state index contributed by atoms with van der Waals surface area (Å²) < 4.78 is 0. The molecular weight excluding hydrogens is 208 g/mol. The summed E-state index contributed by atoms with van der Waals surface area (Å²) in [5.41, 5.74) is 5.76. The Morgan fingerprint density at radius 1 is 1.18 bits per heavy atom. The Balaban J connectivity index is 2.83. The molecule has 0 aliphatic carbocycles. The molecule has 1 N–H and O–H groups in total. The van der Waals surface area contributed by atoms with Gasteiger partial charge in [0.2, 0.25) is 0 Å². The van der Waals surface area contributed by atoms with Crippen molar-refractivity contribution in [2.24, 2.45) is 10.5 Å². The Morgan fingerprint density at radius 2 is 1.82 bits per heavy atom. The van der Waals surface area contributed by atoms with Crippen molar-refractivity contribution in [3.8, 4) is 0 Å². The summed E-state index contributed by atoms with van der Waals surface area (Å²) in [7, 11) is 0. The first-order chi connectivity index (χ1) is 8.03. The number of nitrogens with one attached hydrogen (secondary N) is 1. The highest BCUT2D eigenvalue weighted by molar-refractivity contribution is 6.00. The second kappa shape index (κ2) is 6.43. The molecule has 0 radical (unpaired) electrons. The first-order valence-electron chi connectivity index (χ1n) is 6.38. The third-order valence-electron chi connectivity index (χ3n) is 2.38. The topological polar surface area (TPSA) is 24.4 Å². The van der Waals surface area contributed by atoms with Crippen molar-refractivity contribution >= 4 is 5.71 Å². The van der Waals surface area contributed by atoms with Crippen LogP contribution in [0.5, 0.6) is 0 Å². The number of hydrogen-bond donors (Lipinski definition) is 1. The minimum Gasteiger partial charge on any atom is -0.310 e. The van der Waals surface area contributed by atoms with Crippen LogP contribution in [0.3, 0.4) is 0 Å². The van der Waals surface area contributed by atoms with Gasteiger partial charge in [-0.05, 0) is 23.8 Å². The zero-order chi connectivity index (χ0) is 12.7. The van der Waals surface area contributed by atoms with E-state index in [1.165, 1.54) is 5.56 Å². The van der Waals surface area contributed by atoms with E-state index in [4.69, 9.17) is 0 Å². The lowest BCUT2D eigenvalue weighted by Gasteiger charge is -2.19. The fraction of sp³-hybridized carbons (Fsp3) is 0.533. The Morgan fingerprint density at radius 3 is 2.35 bits per heavy atom. The Bertz CT molecular complexity index is 347. The van der Waals surface area contributed by atoms with E-state index < -0.39 is 0 Å². The summed E-state index contributed by atoms with van der Waals surface area (Å²) in [6.45, 7) is 9.80. The molecule has 0 spiro atoms. The highest BCUT2D eigenvalue weighted by Crippen LogP contribution is 2.21. The lowest BCUT2D eigenvalue weighted by Crippen LogP contribution is -2.18. The van der Waals surface area contributed by atoms with Crippen LogP contribution in [0, 0.1) is 5.41 Å². The van der Waals surface area contributed by atoms with Crippen molar-refractivity contribution in [1.82, 2.24) is 5.43 Å². The van der Waals surface area contributed by atoms with Gasteiger partial charge in [-0.2, -0.15) is 5.10 Å². The minimum atomic E-state index is 0.253. The molecule has 1 rings (SSSR count). The van der Waals surface area contributed by atoms with E-state index in [-0.39, 0.29) is 5.41 Å². The van der Waals surface area contributed by atoms with Crippen LogP contribution in [0.1, 0.15) is 46.1 Å². The molecule has 0 amide bonds. The normalized spacial score (nSPS) is 12.6. The maximum absolute atomic E-state index is 4.54. The van der Waals surface area contributed by atoms with Gasteiger partial charge in [0.15, 0.2) is 0 Å². The van der Waals surface area contributed by atoms with Gasteiger partial charge in [-0.3, -0.25) is 0 Å². The van der Waals surface area contributed by atoms with Crippen molar-refractivity contribution in [3.63, 3.8) is 0 Å². The fourth-order valence-electron chi connectivity index (χ4n) is 1.60. The average Bonchev–Trinajstić information content (AvgIpc) is 2.28. The van der Waals surface area contributed by atoms with E-state index in [0.29, 0.717) is 0 Å². The smallest absolute Gasteiger partial charge is 0.0680 e. The Kier molecular flexibility index (Phi) is 5.20. The third-order valence-corrected chi connectivity index (χ3v) is 2.38. The zero-order valence-electron chi connectivity index (χ0n) is 11.5. The molecule has 0 aromatic heterocycles. The van der Waals surface area contributed by atoms with Gasteiger partial charge >= 0.3 is 0 Å². The molecule has 2 heteroatoms. The summed E-state index contributed by atoms with van der Waals surface area (Å²) in [6.07, 6.45) is 2.08. The van der Waals surface area contributed by atoms with Crippen LogP contribution in [-0.4, -0.2) is 12.3 Å². The third kappa shape index (κ3) is 5.53. The van der Waals surface area contributed by atoms with Crippen LogP contribution in [0.4, 0.5) is 0 Å². The van der Waals surface area contributed by atoms with Gasteiger partial charge in [0.05, 0.1) is 5.71 Å². The highest BCUT2D eigenvalue weighted by atomic mass is 15.3. The van der Waals surface area contributed by atoms with E-state index in [1.807, 2.05) is 6.07 Å². The molecule has 94 valence electrons. The number of rotatable bonds is 5. The second-order valence-electron chi connectivity index (χ2n) is 5.57. The molecular formula is C15H24N2. The van der Waals surface area contributed by atoms with Gasteiger partial charge < -0.3 is 5.43 Å². The monoisotopic (exact) mass is 232 g/mol. The number of nitrogens with zero attached hydrogens (tertiary/aromatic N) is 1. The molecule has 1 aromatic carbocycles. The quantitative estimate of drug-likeness (QED) is 0.466. The van der Waals surface area contributed by atoms with Gasteiger partial charge in [0.25, 0.3) is 0 Å². The Labute approximate surface area is 105 Å². The first kappa shape index (κ1) is 13.8. The molecule has 0 unspecified atom stereocenters. The minimum absolute atomic E-state index is 0.253. The van der Waals surface area contributed by atoms with E-state index in [0.717, 1.165) is 25.1 Å². The van der Waals surface area contributed by atoms with Crippen LogP contribution < -0.4 is 5.43 Å². The molecule has 2 nitrogen and oxygen atoms in total. The highest BCUT2D eigenvalue weighted by Gasteiger charge is 2.15. The van der Waals surface area contributed by atoms with E-state index in [2.05, 4.69) is 62.5 Å². The number of benzene rings is 1. The summed E-state index contributed by atoms with van der Waals surface area (Å²) in [5.74, 6) is 0. The van der Waals surface area contributed by atoms with Crippen molar-refractivity contribution in [2.45, 2.75) is 40.5 Å². The van der Waals surface area contributed by atoms with Crippen LogP contribution in [0.15, 0.2) is 35.4 Å². The molecule has 1 aromatic rings. The molecule has 17 heavy (non-hydrogen) atoms. The second-order valence-corrected chi connectivity index (χ2v) is 5.57. The molecule has 0 heterocycles. The fourth-order valence-corrected chi connectivity index (χ4v) is 1.60. The van der Waals surface area contributed by atoms with Crippen molar-refractivity contribution in [2.75, 3.05) is 6.54 Å². The van der Waals surface area contributed by atoms with E-state index in [1.54, 1.807) is 0 Å². The molecule has 0 bridgehead atoms. The van der Waals surface area contributed by atoms with Gasteiger partial charge in [-0.1, -0.05) is 58.0 Å². The molecule has 0 saturated carbocycles. The summed E-state index contributed by atoms with van der Waals surface area (Å²) in [6, 6.07) is 10.4. The molecule has 0 atom stereocenters. The van der Waals surface area contributed by atoms with Crippen LogP contribution in [0.25, 0.3) is 0 Å². The molecule has 0 aliphatic rings. The average molecular weight is 232 g/mol. The Hall–Kier alpha value is -1.31. The molecule has 0 aliphatic heterocycles. The molecule has 0 saturated heterocycles. The van der Waals surface area contributed by atoms with E-state index in [9.17, 15) is 0 Å². The van der Waals surface area contributed by atoms with Gasteiger partial charge in [0, 0.05) is 6.54 Å². The maximum atomic E-state index is 4.54. The largest absolute Gasteiger partial charge is 0.310 e. The number of hydrogen-bond acceptors (Lipinski definition) is 2. The van der Waals surface area contributed by atoms with E-state index >= 15 is 0 Å². The predicted molar refractivity (Wildman–Crippen MR) is 75.3 cm³/mol. The SMILES string of the molecule is CCCN/N=C(\CC(C)(C)C)c1ccccc1. The van der Waals surface area contributed by atoms with Crippen molar-refractivity contribution in [1.29, 1.82) is 0 Å². The van der Waals surface area contributed by atoms with Gasteiger partial charge in [-0.25, -0.2) is 0 Å². The number of hydrazone groups is 1. The van der Waals surface area contributed by atoms with Gasteiger partial charge in [0.1, 0.15) is 0 Å². The lowest BCUT2D eigenvalue weighted by molar-refractivity contribution is 0.433. The zero-order valence-corrected chi connectivity index (χ0v) is 11.5. The summed E-state index contributed by atoms with van der Waals surface area (Å²) >= 11 is 0.